The molecule has 2 aromatic carbocycles. The molecule has 0 aliphatic carbocycles. The number of benzene rings is 2. The van der Waals surface area contributed by atoms with Crippen molar-refractivity contribution in [1.29, 1.82) is 0 Å². The first-order valence-electron chi connectivity index (χ1n) is 8.80. The fourth-order valence-corrected chi connectivity index (χ4v) is 4.29. The number of halogens is 1. The van der Waals surface area contributed by atoms with Gasteiger partial charge in [0.25, 0.3) is 0 Å². The van der Waals surface area contributed by atoms with Gasteiger partial charge in [-0.3, -0.25) is 0 Å². The lowest BCUT2D eigenvalue weighted by atomic mass is 9.93. The van der Waals surface area contributed by atoms with Gasteiger partial charge in [-0.1, -0.05) is 56.0 Å². The SMILES string of the molecule is CC(C)Cc1ccc2c(c1)/C(=C\CCN(C)C)c1ccccc1S2.Cl. The zero-order valence-corrected chi connectivity index (χ0v) is 17.2. The fourth-order valence-electron chi connectivity index (χ4n) is 3.20. The van der Waals surface area contributed by atoms with Crippen LogP contribution in [0.3, 0.4) is 0 Å². The zero-order chi connectivity index (χ0) is 17.1. The molecule has 0 N–H and O–H groups in total. The summed E-state index contributed by atoms with van der Waals surface area (Å²) in [5.41, 5.74) is 5.65. The van der Waals surface area contributed by atoms with Crippen LogP contribution in [0.1, 0.15) is 37.0 Å². The van der Waals surface area contributed by atoms with Gasteiger partial charge in [0, 0.05) is 16.3 Å². The van der Waals surface area contributed by atoms with Gasteiger partial charge in [-0.05, 0) is 73.3 Å². The molecule has 0 spiro atoms. The van der Waals surface area contributed by atoms with E-state index in [0.717, 1.165) is 19.4 Å². The largest absolute Gasteiger partial charge is 0.309 e. The van der Waals surface area contributed by atoms with E-state index in [4.69, 9.17) is 0 Å². The lowest BCUT2D eigenvalue weighted by Crippen LogP contribution is -2.12. The third kappa shape index (κ3) is 4.91. The molecule has 1 aliphatic rings. The van der Waals surface area contributed by atoms with Crippen molar-refractivity contribution >= 4 is 29.7 Å². The number of fused-ring (bicyclic) bond motifs is 2. The molecule has 1 nitrogen and oxygen atoms in total. The van der Waals surface area contributed by atoms with Crippen LogP contribution in [0.25, 0.3) is 5.57 Å². The van der Waals surface area contributed by atoms with Crippen LogP contribution in [-0.2, 0) is 6.42 Å². The summed E-state index contributed by atoms with van der Waals surface area (Å²) in [6.07, 6.45) is 4.65. The van der Waals surface area contributed by atoms with E-state index in [1.165, 1.54) is 32.1 Å². The van der Waals surface area contributed by atoms with Crippen LogP contribution < -0.4 is 0 Å². The summed E-state index contributed by atoms with van der Waals surface area (Å²) in [4.78, 5) is 5.01. The maximum atomic E-state index is 2.43. The van der Waals surface area contributed by atoms with Crippen molar-refractivity contribution in [3.8, 4) is 0 Å². The minimum atomic E-state index is 0. The van der Waals surface area contributed by atoms with Gasteiger partial charge in [-0.25, -0.2) is 0 Å². The molecule has 0 atom stereocenters. The molecular weight excluding hydrogens is 346 g/mol. The maximum absolute atomic E-state index is 2.43. The second-order valence-electron chi connectivity index (χ2n) is 7.24. The molecule has 0 unspecified atom stereocenters. The van der Waals surface area contributed by atoms with Crippen molar-refractivity contribution in [2.75, 3.05) is 20.6 Å². The quantitative estimate of drug-likeness (QED) is 0.527. The summed E-state index contributed by atoms with van der Waals surface area (Å²) in [6.45, 7) is 5.66. The predicted molar refractivity (Wildman–Crippen MR) is 113 cm³/mol. The van der Waals surface area contributed by atoms with Gasteiger partial charge in [-0.15, -0.1) is 12.4 Å². The standard InChI is InChI=1S/C22H27NS.ClH/c1-16(2)14-17-11-12-22-20(15-17)18(9-7-13-23(3)4)19-8-5-6-10-21(19)24-22;/h5-6,8-12,15-16H,7,13-14H2,1-4H3;1H/b18-9-;. The van der Waals surface area contributed by atoms with Gasteiger partial charge in [0.15, 0.2) is 0 Å². The third-order valence-corrected chi connectivity index (χ3v) is 5.45. The number of hydrogen-bond acceptors (Lipinski definition) is 2. The molecule has 134 valence electrons. The predicted octanol–water partition coefficient (Wildman–Crippen LogP) is 6.15. The van der Waals surface area contributed by atoms with Crippen molar-refractivity contribution in [1.82, 2.24) is 4.90 Å². The van der Waals surface area contributed by atoms with Crippen LogP contribution >= 0.6 is 24.2 Å². The van der Waals surface area contributed by atoms with Gasteiger partial charge < -0.3 is 4.90 Å². The summed E-state index contributed by atoms with van der Waals surface area (Å²) < 4.78 is 0. The highest BCUT2D eigenvalue weighted by atomic mass is 35.5. The average molecular weight is 374 g/mol. The summed E-state index contributed by atoms with van der Waals surface area (Å²) >= 11 is 1.90. The second-order valence-corrected chi connectivity index (χ2v) is 8.32. The molecule has 2 aromatic rings. The number of rotatable bonds is 5. The van der Waals surface area contributed by atoms with Crippen molar-refractivity contribution in [3.63, 3.8) is 0 Å². The Morgan fingerprint density at radius 2 is 1.72 bits per heavy atom. The minimum Gasteiger partial charge on any atom is -0.309 e. The molecule has 0 saturated carbocycles. The number of nitrogens with zero attached hydrogens (tertiary/aromatic N) is 1. The van der Waals surface area contributed by atoms with Crippen LogP contribution in [-0.4, -0.2) is 25.5 Å². The first kappa shape index (κ1) is 20.1. The maximum Gasteiger partial charge on any atom is 0.0201 e. The molecule has 1 heterocycles. The van der Waals surface area contributed by atoms with Crippen LogP contribution in [0.4, 0.5) is 0 Å². The Morgan fingerprint density at radius 3 is 2.44 bits per heavy atom. The van der Waals surface area contributed by atoms with E-state index in [9.17, 15) is 0 Å². The second kappa shape index (κ2) is 8.93. The minimum absolute atomic E-state index is 0. The zero-order valence-electron chi connectivity index (χ0n) is 15.6. The van der Waals surface area contributed by atoms with E-state index in [0.29, 0.717) is 5.92 Å². The Labute approximate surface area is 162 Å². The van der Waals surface area contributed by atoms with Crippen molar-refractivity contribution < 1.29 is 0 Å². The smallest absolute Gasteiger partial charge is 0.0201 e. The van der Waals surface area contributed by atoms with Gasteiger partial charge in [0.1, 0.15) is 0 Å². The van der Waals surface area contributed by atoms with E-state index in [1.54, 1.807) is 0 Å². The van der Waals surface area contributed by atoms with E-state index in [1.807, 2.05) is 11.8 Å². The van der Waals surface area contributed by atoms with Crippen LogP contribution in [0.15, 0.2) is 58.3 Å². The molecule has 1 aliphatic heterocycles. The van der Waals surface area contributed by atoms with Crippen molar-refractivity contribution in [3.05, 3.63) is 65.2 Å². The third-order valence-electron chi connectivity index (χ3n) is 4.30. The summed E-state index contributed by atoms with van der Waals surface area (Å²) in [5, 5.41) is 0. The molecule has 0 radical (unpaired) electrons. The van der Waals surface area contributed by atoms with E-state index in [2.05, 4.69) is 81.4 Å². The van der Waals surface area contributed by atoms with Crippen molar-refractivity contribution in [2.45, 2.75) is 36.5 Å². The fraction of sp³-hybridized carbons (Fsp3) is 0.364. The molecule has 3 heteroatoms. The molecule has 0 bridgehead atoms. The highest BCUT2D eigenvalue weighted by Crippen LogP contribution is 2.45. The van der Waals surface area contributed by atoms with E-state index < -0.39 is 0 Å². The van der Waals surface area contributed by atoms with Gasteiger partial charge in [-0.2, -0.15) is 0 Å². The van der Waals surface area contributed by atoms with E-state index in [-0.39, 0.29) is 12.4 Å². The lowest BCUT2D eigenvalue weighted by Gasteiger charge is -2.23. The highest BCUT2D eigenvalue weighted by Gasteiger charge is 2.20. The van der Waals surface area contributed by atoms with Crippen LogP contribution in [0.2, 0.25) is 0 Å². The molecule has 0 saturated heterocycles. The average Bonchev–Trinajstić information content (AvgIpc) is 2.53. The Kier molecular flexibility index (Phi) is 7.18. The van der Waals surface area contributed by atoms with E-state index >= 15 is 0 Å². The first-order chi connectivity index (χ1) is 11.5. The molecule has 25 heavy (non-hydrogen) atoms. The van der Waals surface area contributed by atoms with Gasteiger partial charge in [0.05, 0.1) is 0 Å². The van der Waals surface area contributed by atoms with Gasteiger partial charge in [0.2, 0.25) is 0 Å². The molecular formula is C22H28ClNS. The summed E-state index contributed by atoms with van der Waals surface area (Å²) in [5.74, 6) is 0.688. The Bertz CT molecular complexity index is 749. The van der Waals surface area contributed by atoms with Crippen LogP contribution in [0, 0.1) is 5.92 Å². The first-order valence-corrected chi connectivity index (χ1v) is 9.61. The highest BCUT2D eigenvalue weighted by molar-refractivity contribution is 7.99. The summed E-state index contributed by atoms with van der Waals surface area (Å²) in [7, 11) is 4.27. The molecule has 0 fully saturated rings. The van der Waals surface area contributed by atoms with Crippen molar-refractivity contribution in [2.24, 2.45) is 5.92 Å². The molecule has 3 rings (SSSR count). The molecule has 0 aromatic heterocycles. The topological polar surface area (TPSA) is 3.24 Å². The summed E-state index contributed by atoms with van der Waals surface area (Å²) in [6, 6.07) is 15.8. The normalized spacial score (nSPS) is 14.4. The van der Waals surface area contributed by atoms with Crippen LogP contribution in [0.5, 0.6) is 0 Å². The molecule has 0 amide bonds. The number of hydrogen-bond donors (Lipinski definition) is 0. The van der Waals surface area contributed by atoms with Gasteiger partial charge >= 0.3 is 0 Å². The Morgan fingerprint density at radius 1 is 1.00 bits per heavy atom. The lowest BCUT2D eigenvalue weighted by molar-refractivity contribution is 0.417. The monoisotopic (exact) mass is 373 g/mol. The Hall–Kier alpha value is -1.22. The Balaban J connectivity index is 0.00000225.